The molecule has 1 N–H and O–H groups in total. The van der Waals surface area contributed by atoms with Crippen molar-refractivity contribution in [3.05, 3.63) is 95.3 Å². The molecule has 3 aromatic rings. The van der Waals surface area contributed by atoms with Crippen molar-refractivity contribution in [3.8, 4) is 5.75 Å². The van der Waals surface area contributed by atoms with E-state index in [4.69, 9.17) is 4.74 Å². The Hall–Kier alpha value is -4.13. The van der Waals surface area contributed by atoms with Crippen LogP contribution in [0.25, 0.3) is 5.76 Å². The van der Waals surface area contributed by atoms with Gasteiger partial charge in [0, 0.05) is 44.3 Å². The molecule has 34 heavy (non-hydrogen) atoms. The second kappa shape index (κ2) is 9.79. The largest absolute Gasteiger partial charge is 0.507 e. The Morgan fingerprint density at radius 2 is 1.76 bits per heavy atom. The summed E-state index contributed by atoms with van der Waals surface area (Å²) >= 11 is 0. The Morgan fingerprint density at radius 1 is 1.06 bits per heavy atom. The fourth-order valence-electron chi connectivity index (χ4n) is 4.08. The summed E-state index contributed by atoms with van der Waals surface area (Å²) in [5.41, 5.74) is 3.04. The van der Waals surface area contributed by atoms with E-state index in [1.54, 1.807) is 48.8 Å². The first-order valence-electron chi connectivity index (χ1n) is 11.1. The molecule has 0 spiro atoms. The average Bonchev–Trinajstić information content (AvgIpc) is 3.09. The molecule has 2 aromatic carbocycles. The SMILES string of the molecule is CCOc1cccc(/C(O)=C2/C(=O)C(=O)N(Cc3ccncc3)C2c2ccc(N(C)C)cc2)c1. The van der Waals surface area contributed by atoms with Crippen LogP contribution in [0.2, 0.25) is 0 Å². The van der Waals surface area contributed by atoms with E-state index >= 15 is 0 Å². The molecule has 0 aliphatic carbocycles. The van der Waals surface area contributed by atoms with Crippen molar-refractivity contribution < 1.29 is 19.4 Å². The van der Waals surface area contributed by atoms with Crippen molar-refractivity contribution >= 4 is 23.1 Å². The summed E-state index contributed by atoms with van der Waals surface area (Å²) in [6.45, 7) is 2.55. The Morgan fingerprint density at radius 3 is 2.41 bits per heavy atom. The summed E-state index contributed by atoms with van der Waals surface area (Å²) in [6.07, 6.45) is 3.29. The highest BCUT2D eigenvalue weighted by Crippen LogP contribution is 2.41. The molecule has 1 unspecified atom stereocenters. The van der Waals surface area contributed by atoms with Crippen LogP contribution in [0, 0.1) is 0 Å². The van der Waals surface area contributed by atoms with Gasteiger partial charge in [-0.25, -0.2) is 0 Å². The second-order valence-corrected chi connectivity index (χ2v) is 8.23. The first-order chi connectivity index (χ1) is 16.4. The number of aliphatic hydroxyl groups excluding tert-OH is 1. The number of pyridine rings is 1. The van der Waals surface area contributed by atoms with Crippen LogP contribution in [0.15, 0.2) is 78.6 Å². The number of benzene rings is 2. The van der Waals surface area contributed by atoms with Gasteiger partial charge < -0.3 is 19.6 Å². The monoisotopic (exact) mass is 457 g/mol. The predicted octanol–water partition coefficient (Wildman–Crippen LogP) is 4.17. The quantitative estimate of drug-likeness (QED) is 0.326. The Bertz CT molecular complexity index is 1220. The summed E-state index contributed by atoms with van der Waals surface area (Å²) < 4.78 is 5.55. The zero-order chi connectivity index (χ0) is 24.2. The van der Waals surface area contributed by atoms with Gasteiger partial charge in [-0.1, -0.05) is 24.3 Å². The number of hydrogen-bond donors (Lipinski definition) is 1. The third-order valence-corrected chi connectivity index (χ3v) is 5.79. The zero-order valence-corrected chi connectivity index (χ0v) is 19.4. The fourth-order valence-corrected chi connectivity index (χ4v) is 4.08. The third kappa shape index (κ3) is 4.50. The molecular weight excluding hydrogens is 430 g/mol. The lowest BCUT2D eigenvalue weighted by Crippen LogP contribution is -2.29. The minimum atomic E-state index is -0.736. The van der Waals surface area contributed by atoms with Gasteiger partial charge >= 0.3 is 0 Å². The minimum Gasteiger partial charge on any atom is -0.507 e. The first-order valence-corrected chi connectivity index (χ1v) is 11.1. The van der Waals surface area contributed by atoms with Gasteiger partial charge in [-0.05, 0) is 54.4 Å². The number of aliphatic hydroxyl groups is 1. The smallest absolute Gasteiger partial charge is 0.295 e. The lowest BCUT2D eigenvalue weighted by atomic mass is 9.95. The van der Waals surface area contributed by atoms with E-state index in [2.05, 4.69) is 4.98 Å². The number of aromatic nitrogens is 1. The number of rotatable bonds is 7. The Balaban J connectivity index is 1.84. The van der Waals surface area contributed by atoms with E-state index in [1.165, 1.54) is 4.90 Å². The molecule has 0 saturated carbocycles. The first kappa shape index (κ1) is 23.0. The summed E-state index contributed by atoms with van der Waals surface area (Å²) in [5.74, 6) is -1.01. The zero-order valence-electron chi connectivity index (χ0n) is 19.4. The van der Waals surface area contributed by atoms with Gasteiger partial charge in [0.1, 0.15) is 11.5 Å². The van der Waals surface area contributed by atoms with Crippen molar-refractivity contribution in [2.24, 2.45) is 0 Å². The van der Waals surface area contributed by atoms with E-state index in [9.17, 15) is 14.7 Å². The number of ketones is 1. The highest BCUT2D eigenvalue weighted by molar-refractivity contribution is 6.46. The normalized spacial score (nSPS) is 17.1. The number of amides is 1. The number of carbonyl (C=O) groups is 2. The van der Waals surface area contributed by atoms with E-state index in [-0.39, 0.29) is 17.9 Å². The highest BCUT2D eigenvalue weighted by Gasteiger charge is 2.46. The molecule has 1 aromatic heterocycles. The number of likely N-dealkylation sites (tertiary alicyclic amines) is 1. The molecule has 1 aliphatic rings. The molecule has 1 aliphatic heterocycles. The lowest BCUT2D eigenvalue weighted by molar-refractivity contribution is -0.140. The van der Waals surface area contributed by atoms with Gasteiger partial charge in [0.2, 0.25) is 0 Å². The molecule has 1 fully saturated rings. The van der Waals surface area contributed by atoms with Crippen molar-refractivity contribution in [3.63, 3.8) is 0 Å². The second-order valence-electron chi connectivity index (χ2n) is 8.23. The number of anilines is 1. The van der Waals surface area contributed by atoms with Gasteiger partial charge in [0.05, 0.1) is 18.2 Å². The van der Waals surface area contributed by atoms with Crippen LogP contribution in [0.1, 0.15) is 29.7 Å². The third-order valence-electron chi connectivity index (χ3n) is 5.79. The van der Waals surface area contributed by atoms with Crippen LogP contribution < -0.4 is 9.64 Å². The number of carbonyl (C=O) groups excluding carboxylic acids is 2. The maximum atomic E-state index is 13.2. The standard InChI is InChI=1S/C27H27N3O4/c1-4-34-22-7-5-6-20(16-22)25(31)23-24(19-8-10-21(11-9-19)29(2)3)30(27(33)26(23)32)17-18-12-14-28-15-13-18/h5-16,24,31H,4,17H2,1-3H3/b25-23-. The topological polar surface area (TPSA) is 83.0 Å². The fraction of sp³-hybridized carbons (Fsp3) is 0.222. The number of ether oxygens (including phenoxy) is 1. The van der Waals surface area contributed by atoms with Crippen LogP contribution in [0.4, 0.5) is 5.69 Å². The molecule has 4 rings (SSSR count). The lowest BCUT2D eigenvalue weighted by Gasteiger charge is -2.26. The van der Waals surface area contributed by atoms with Crippen LogP contribution in [0.5, 0.6) is 5.75 Å². The number of Topliss-reactive ketones (excluding diaryl/α,β-unsaturated/α-hetero) is 1. The van der Waals surface area contributed by atoms with E-state index in [0.717, 1.165) is 16.8 Å². The molecule has 7 heteroatoms. The minimum absolute atomic E-state index is 0.0605. The molecule has 2 heterocycles. The van der Waals surface area contributed by atoms with Crippen LogP contribution >= 0.6 is 0 Å². The molecule has 174 valence electrons. The van der Waals surface area contributed by atoms with Gasteiger partial charge in [0.15, 0.2) is 0 Å². The van der Waals surface area contributed by atoms with Crippen molar-refractivity contribution in [2.75, 3.05) is 25.6 Å². The molecule has 7 nitrogen and oxygen atoms in total. The maximum absolute atomic E-state index is 13.2. The molecule has 1 saturated heterocycles. The van der Waals surface area contributed by atoms with Gasteiger partial charge in [0.25, 0.3) is 11.7 Å². The number of hydrogen-bond acceptors (Lipinski definition) is 6. The van der Waals surface area contributed by atoms with Crippen molar-refractivity contribution in [1.29, 1.82) is 0 Å². The molecule has 1 amide bonds. The van der Waals surface area contributed by atoms with Crippen LogP contribution in [-0.2, 0) is 16.1 Å². The molecule has 1 atom stereocenters. The predicted molar refractivity (Wildman–Crippen MR) is 130 cm³/mol. The Labute approximate surface area is 198 Å². The van der Waals surface area contributed by atoms with Crippen molar-refractivity contribution in [1.82, 2.24) is 9.88 Å². The Kier molecular flexibility index (Phi) is 6.63. The van der Waals surface area contributed by atoms with Crippen LogP contribution in [-0.4, -0.2) is 47.4 Å². The average molecular weight is 458 g/mol. The highest BCUT2D eigenvalue weighted by atomic mass is 16.5. The molecule has 0 bridgehead atoms. The number of nitrogens with zero attached hydrogens (tertiary/aromatic N) is 3. The van der Waals surface area contributed by atoms with Gasteiger partial charge in [-0.15, -0.1) is 0 Å². The molecular formula is C27H27N3O4. The van der Waals surface area contributed by atoms with E-state index < -0.39 is 17.7 Å². The molecule has 0 radical (unpaired) electrons. The van der Waals surface area contributed by atoms with Crippen molar-refractivity contribution in [2.45, 2.75) is 19.5 Å². The van der Waals surface area contributed by atoms with Crippen LogP contribution in [0.3, 0.4) is 0 Å². The van der Waals surface area contributed by atoms with E-state index in [1.807, 2.05) is 50.2 Å². The van der Waals surface area contributed by atoms with Gasteiger partial charge in [-0.2, -0.15) is 0 Å². The van der Waals surface area contributed by atoms with E-state index in [0.29, 0.717) is 17.9 Å². The summed E-state index contributed by atoms with van der Waals surface area (Å²) in [5, 5.41) is 11.3. The summed E-state index contributed by atoms with van der Waals surface area (Å²) in [7, 11) is 3.88. The maximum Gasteiger partial charge on any atom is 0.295 e. The summed E-state index contributed by atoms with van der Waals surface area (Å²) in [6, 6.07) is 17.4. The van der Waals surface area contributed by atoms with Gasteiger partial charge in [-0.3, -0.25) is 14.6 Å². The summed E-state index contributed by atoms with van der Waals surface area (Å²) in [4.78, 5) is 33.9.